The second-order valence-electron chi connectivity index (χ2n) is 11.3. The summed E-state index contributed by atoms with van der Waals surface area (Å²) >= 11 is 2.20. The summed E-state index contributed by atoms with van der Waals surface area (Å²) in [5, 5.41) is 2.28. The Morgan fingerprint density at radius 1 is 0.771 bits per heavy atom. The first-order chi connectivity index (χ1) is 17.0. The van der Waals surface area contributed by atoms with E-state index in [9.17, 15) is 0 Å². The summed E-state index contributed by atoms with van der Waals surface area (Å²) in [5.41, 5.74) is 7.87. The molecule has 3 aromatic carbocycles. The van der Waals surface area contributed by atoms with E-state index in [1.165, 1.54) is 29.1 Å². The van der Waals surface area contributed by atoms with Crippen molar-refractivity contribution in [3.63, 3.8) is 0 Å². The van der Waals surface area contributed by atoms with E-state index in [0.29, 0.717) is 5.25 Å². The van der Waals surface area contributed by atoms with Gasteiger partial charge in [0.2, 0.25) is 0 Å². The van der Waals surface area contributed by atoms with Crippen LogP contribution in [0.2, 0.25) is 0 Å². The van der Waals surface area contributed by atoms with E-state index in [0.717, 1.165) is 34.2 Å². The first-order valence-corrected chi connectivity index (χ1v) is 16.7. The zero-order valence-electron chi connectivity index (χ0n) is 21.9. The fourth-order valence-electron chi connectivity index (χ4n) is 8.26. The molecule has 7 atom stereocenters. The standard InChI is InChI=1S/C33H40S2/c1-6-35(7-2,33-23(5)22(4)31-30(33)27-16-11-12-19-29(27)34-31)32-21(3)20-28-25(17-13-18-26(28)32)24-14-9-8-10-15-24/h8-19,21-23,30-33H,6-7,20H2,1-5H3. The molecule has 3 aliphatic rings. The summed E-state index contributed by atoms with van der Waals surface area (Å²) in [5.74, 6) is 5.71. The maximum absolute atomic E-state index is 2.62. The first-order valence-electron chi connectivity index (χ1n) is 13.7. The highest BCUT2D eigenvalue weighted by atomic mass is 32.3. The van der Waals surface area contributed by atoms with Crippen molar-refractivity contribution in [2.75, 3.05) is 11.5 Å². The lowest BCUT2D eigenvalue weighted by atomic mass is 9.96. The van der Waals surface area contributed by atoms with E-state index < -0.39 is 10.0 Å². The lowest BCUT2D eigenvalue weighted by Gasteiger charge is -2.54. The van der Waals surface area contributed by atoms with E-state index >= 15 is 0 Å². The smallest absolute Gasteiger partial charge is 0.0202 e. The van der Waals surface area contributed by atoms with Gasteiger partial charge >= 0.3 is 0 Å². The molecule has 35 heavy (non-hydrogen) atoms. The van der Waals surface area contributed by atoms with Crippen molar-refractivity contribution >= 4 is 21.8 Å². The predicted molar refractivity (Wildman–Crippen MR) is 157 cm³/mol. The van der Waals surface area contributed by atoms with Crippen LogP contribution in [0.4, 0.5) is 0 Å². The highest BCUT2D eigenvalue weighted by molar-refractivity contribution is 8.34. The van der Waals surface area contributed by atoms with Crippen LogP contribution in [0, 0.1) is 17.8 Å². The van der Waals surface area contributed by atoms with E-state index in [-0.39, 0.29) is 0 Å². The maximum atomic E-state index is 2.62. The van der Waals surface area contributed by atoms with Crippen LogP contribution in [-0.2, 0) is 6.42 Å². The molecule has 1 saturated carbocycles. The molecule has 0 radical (unpaired) electrons. The second kappa shape index (κ2) is 9.03. The van der Waals surface area contributed by atoms with Gasteiger partial charge in [-0.05, 0) is 69.6 Å². The minimum atomic E-state index is -0.883. The topological polar surface area (TPSA) is 0 Å². The molecular weight excluding hydrogens is 460 g/mol. The van der Waals surface area contributed by atoms with Crippen molar-refractivity contribution in [2.24, 2.45) is 17.8 Å². The number of thioether (sulfide) groups is 1. The van der Waals surface area contributed by atoms with Crippen molar-refractivity contribution in [3.8, 4) is 11.1 Å². The second-order valence-corrected chi connectivity index (χ2v) is 16.7. The van der Waals surface area contributed by atoms with Crippen LogP contribution in [-0.4, -0.2) is 22.0 Å². The number of fused-ring (bicyclic) bond motifs is 4. The summed E-state index contributed by atoms with van der Waals surface area (Å²) in [7, 11) is -0.883. The highest BCUT2D eigenvalue weighted by Crippen LogP contribution is 2.77. The Morgan fingerprint density at radius 3 is 2.20 bits per heavy atom. The zero-order chi connectivity index (χ0) is 24.3. The average molecular weight is 501 g/mol. The Bertz CT molecular complexity index is 1210. The Morgan fingerprint density at radius 2 is 1.46 bits per heavy atom. The molecule has 0 nitrogen and oxygen atoms in total. The molecule has 0 amide bonds. The third-order valence-corrected chi connectivity index (χ3v) is 17.2. The summed E-state index contributed by atoms with van der Waals surface area (Å²) in [6, 6.07) is 27.8. The molecule has 0 bridgehead atoms. The Kier molecular flexibility index (Phi) is 6.13. The van der Waals surface area contributed by atoms with Crippen LogP contribution < -0.4 is 0 Å². The Labute approximate surface area is 218 Å². The van der Waals surface area contributed by atoms with Crippen molar-refractivity contribution in [1.29, 1.82) is 0 Å². The number of benzene rings is 3. The molecule has 184 valence electrons. The summed E-state index contributed by atoms with van der Waals surface area (Å²) < 4.78 is 0. The minimum absolute atomic E-state index is 0.715. The van der Waals surface area contributed by atoms with Gasteiger partial charge in [0, 0.05) is 26.6 Å². The molecule has 1 fully saturated rings. The molecule has 1 aliphatic heterocycles. The highest BCUT2D eigenvalue weighted by Gasteiger charge is 2.58. The molecule has 0 spiro atoms. The molecule has 0 aromatic heterocycles. The minimum Gasteiger partial charge on any atom is -0.231 e. The van der Waals surface area contributed by atoms with Crippen molar-refractivity contribution in [3.05, 3.63) is 89.5 Å². The van der Waals surface area contributed by atoms with E-state index in [1.54, 1.807) is 21.6 Å². The van der Waals surface area contributed by atoms with Crippen LogP contribution in [0.25, 0.3) is 11.1 Å². The number of rotatable bonds is 5. The van der Waals surface area contributed by atoms with Crippen LogP contribution in [0.1, 0.15) is 62.5 Å². The fourth-order valence-corrected chi connectivity index (χ4v) is 16.1. The molecule has 2 heteroatoms. The third-order valence-electron chi connectivity index (χ3n) is 9.88. The van der Waals surface area contributed by atoms with Crippen molar-refractivity contribution in [2.45, 2.75) is 67.6 Å². The fraction of sp³-hybridized carbons (Fsp3) is 0.455. The summed E-state index contributed by atoms with van der Waals surface area (Å²) in [6.45, 7) is 12.8. The molecule has 0 saturated heterocycles. The zero-order valence-corrected chi connectivity index (χ0v) is 23.5. The third kappa shape index (κ3) is 3.42. The predicted octanol–water partition coefficient (Wildman–Crippen LogP) is 9.34. The van der Waals surface area contributed by atoms with Gasteiger partial charge in [-0.15, -0.1) is 11.8 Å². The summed E-state index contributed by atoms with van der Waals surface area (Å²) in [6.07, 6.45) is 1.23. The van der Waals surface area contributed by atoms with Gasteiger partial charge in [-0.3, -0.25) is 0 Å². The molecule has 1 heterocycles. The van der Waals surface area contributed by atoms with Gasteiger partial charge in [-0.25, -0.2) is 10.0 Å². The van der Waals surface area contributed by atoms with Crippen molar-refractivity contribution < 1.29 is 0 Å². The van der Waals surface area contributed by atoms with E-state index in [4.69, 9.17) is 0 Å². The van der Waals surface area contributed by atoms with Gasteiger partial charge in [0.1, 0.15) is 0 Å². The largest absolute Gasteiger partial charge is 0.231 e. The molecule has 3 aromatic rings. The molecule has 0 N–H and O–H groups in total. The SMILES string of the molecule is CCS(CC)(C1c2cccc(-c3ccccc3)c2CC1C)C1C(C)C(C)C2Sc3ccccc3C21. The molecule has 2 aliphatic carbocycles. The van der Waals surface area contributed by atoms with Gasteiger partial charge in [-0.2, -0.15) is 0 Å². The van der Waals surface area contributed by atoms with E-state index in [1.807, 2.05) is 0 Å². The van der Waals surface area contributed by atoms with Crippen LogP contribution in [0.5, 0.6) is 0 Å². The van der Waals surface area contributed by atoms with Gasteiger partial charge in [0.25, 0.3) is 0 Å². The molecule has 7 unspecified atom stereocenters. The van der Waals surface area contributed by atoms with Gasteiger partial charge in [0.05, 0.1) is 0 Å². The Balaban J connectivity index is 1.50. The normalized spacial score (nSPS) is 31.7. The van der Waals surface area contributed by atoms with Crippen LogP contribution in [0.3, 0.4) is 0 Å². The first kappa shape index (κ1) is 23.7. The lowest BCUT2D eigenvalue weighted by Crippen LogP contribution is -2.35. The number of hydrogen-bond donors (Lipinski definition) is 0. The lowest BCUT2D eigenvalue weighted by molar-refractivity contribution is 0.463. The average Bonchev–Trinajstić information content (AvgIpc) is 3.51. The van der Waals surface area contributed by atoms with Crippen LogP contribution in [0.15, 0.2) is 77.7 Å². The van der Waals surface area contributed by atoms with Crippen molar-refractivity contribution in [1.82, 2.24) is 0 Å². The van der Waals surface area contributed by atoms with Crippen LogP contribution >= 0.6 is 21.8 Å². The molecule has 6 rings (SSSR count). The monoisotopic (exact) mass is 500 g/mol. The summed E-state index contributed by atoms with van der Waals surface area (Å²) in [4.78, 5) is 1.57. The Hall–Kier alpha value is -1.64. The van der Waals surface area contributed by atoms with Gasteiger partial charge < -0.3 is 0 Å². The van der Waals surface area contributed by atoms with E-state index in [2.05, 4.69) is 119 Å². The molecular formula is C33H40S2. The van der Waals surface area contributed by atoms with Gasteiger partial charge in [0.15, 0.2) is 0 Å². The van der Waals surface area contributed by atoms with Gasteiger partial charge in [-0.1, -0.05) is 101 Å². The quantitative estimate of drug-likeness (QED) is 0.336. The number of hydrogen-bond acceptors (Lipinski definition) is 1. The maximum Gasteiger partial charge on any atom is 0.0202 e.